The summed E-state index contributed by atoms with van der Waals surface area (Å²) in [5, 5.41) is 10.1. The van der Waals surface area contributed by atoms with E-state index in [1.807, 2.05) is 0 Å². The minimum absolute atomic E-state index is 0.0609. The SMILES string of the molecule is CN=C(NCc1nc(C(C)C)cs1)NC1CC(C)(OC)C1(C)C. The lowest BCUT2D eigenvalue weighted by molar-refractivity contribution is -0.176. The number of methoxy groups -OCH3 is 1. The summed E-state index contributed by atoms with van der Waals surface area (Å²) in [4.78, 5) is 8.98. The zero-order valence-corrected chi connectivity index (χ0v) is 16.2. The Kier molecular flexibility index (Phi) is 5.36. The Hall–Kier alpha value is -1.14. The third kappa shape index (κ3) is 3.53. The molecule has 2 rings (SSSR count). The van der Waals surface area contributed by atoms with Crippen LogP contribution < -0.4 is 10.6 Å². The molecule has 1 aliphatic carbocycles. The number of nitrogens with zero attached hydrogens (tertiary/aromatic N) is 2. The van der Waals surface area contributed by atoms with Crippen molar-refractivity contribution >= 4 is 17.3 Å². The van der Waals surface area contributed by atoms with Gasteiger partial charge in [0.05, 0.1) is 17.8 Å². The topological polar surface area (TPSA) is 58.5 Å². The van der Waals surface area contributed by atoms with Crippen LogP contribution in [-0.2, 0) is 11.3 Å². The molecule has 0 bridgehead atoms. The van der Waals surface area contributed by atoms with Crippen molar-refractivity contribution in [2.45, 2.75) is 65.1 Å². The first kappa shape index (κ1) is 18.2. The summed E-state index contributed by atoms with van der Waals surface area (Å²) in [5.74, 6) is 1.29. The average molecular weight is 339 g/mol. The highest BCUT2D eigenvalue weighted by atomic mass is 32.1. The maximum atomic E-state index is 5.68. The highest BCUT2D eigenvalue weighted by Gasteiger charge is 2.58. The molecule has 5 nitrogen and oxygen atoms in total. The number of guanidine groups is 1. The van der Waals surface area contributed by atoms with Gasteiger partial charge in [0.15, 0.2) is 5.96 Å². The largest absolute Gasteiger partial charge is 0.378 e. The molecule has 0 spiro atoms. The molecular weight excluding hydrogens is 308 g/mol. The second-order valence-electron chi connectivity index (χ2n) is 7.30. The molecule has 2 unspecified atom stereocenters. The molecule has 6 heteroatoms. The van der Waals surface area contributed by atoms with Crippen molar-refractivity contribution in [3.05, 3.63) is 16.1 Å². The number of thiazole rings is 1. The lowest BCUT2D eigenvalue weighted by Gasteiger charge is -2.59. The number of ether oxygens (including phenoxy) is 1. The number of hydrogen-bond donors (Lipinski definition) is 2. The maximum absolute atomic E-state index is 5.68. The molecule has 1 aromatic rings. The number of rotatable bonds is 5. The van der Waals surface area contributed by atoms with E-state index in [9.17, 15) is 0 Å². The summed E-state index contributed by atoms with van der Waals surface area (Å²) >= 11 is 1.70. The molecule has 0 aliphatic heterocycles. The quantitative estimate of drug-likeness (QED) is 0.640. The van der Waals surface area contributed by atoms with Gasteiger partial charge in [-0.3, -0.25) is 4.99 Å². The zero-order valence-electron chi connectivity index (χ0n) is 15.4. The maximum Gasteiger partial charge on any atom is 0.191 e. The van der Waals surface area contributed by atoms with Gasteiger partial charge in [0.2, 0.25) is 0 Å². The van der Waals surface area contributed by atoms with Gasteiger partial charge in [0.1, 0.15) is 5.01 Å². The van der Waals surface area contributed by atoms with Crippen LogP contribution in [0.15, 0.2) is 10.4 Å². The molecule has 23 heavy (non-hydrogen) atoms. The van der Waals surface area contributed by atoms with Crippen molar-refractivity contribution in [1.82, 2.24) is 15.6 Å². The van der Waals surface area contributed by atoms with Crippen molar-refractivity contribution in [3.8, 4) is 0 Å². The van der Waals surface area contributed by atoms with Crippen LogP contribution in [0.2, 0.25) is 0 Å². The molecule has 1 aliphatic rings. The van der Waals surface area contributed by atoms with Gasteiger partial charge in [0, 0.05) is 31.0 Å². The van der Waals surface area contributed by atoms with Crippen LogP contribution in [0, 0.1) is 5.41 Å². The fraction of sp³-hybridized carbons (Fsp3) is 0.765. The van der Waals surface area contributed by atoms with Gasteiger partial charge in [-0.2, -0.15) is 0 Å². The van der Waals surface area contributed by atoms with Crippen LogP contribution in [0.3, 0.4) is 0 Å². The molecule has 1 saturated carbocycles. The smallest absolute Gasteiger partial charge is 0.191 e. The Balaban J connectivity index is 1.89. The third-order valence-electron chi connectivity index (χ3n) is 5.38. The minimum Gasteiger partial charge on any atom is -0.378 e. The lowest BCUT2D eigenvalue weighted by atomic mass is 9.56. The average Bonchev–Trinajstić information content (AvgIpc) is 2.99. The van der Waals surface area contributed by atoms with Crippen molar-refractivity contribution in [3.63, 3.8) is 0 Å². The molecule has 0 radical (unpaired) electrons. The standard InChI is InChI=1S/C17H30N4OS/c1-11(2)12-10-23-14(20-12)9-19-15(18-6)21-13-8-17(5,22-7)16(13,3)4/h10-11,13H,8-9H2,1-7H3,(H2,18,19,21). The van der Waals surface area contributed by atoms with Gasteiger partial charge in [-0.05, 0) is 19.3 Å². The van der Waals surface area contributed by atoms with E-state index >= 15 is 0 Å². The molecule has 2 N–H and O–H groups in total. The predicted octanol–water partition coefficient (Wildman–Crippen LogP) is 3.14. The summed E-state index contributed by atoms with van der Waals surface area (Å²) in [6, 6.07) is 0.348. The second-order valence-corrected chi connectivity index (χ2v) is 8.25. The molecule has 130 valence electrons. The van der Waals surface area contributed by atoms with Crippen molar-refractivity contribution in [2.75, 3.05) is 14.2 Å². The molecule has 0 saturated heterocycles. The normalized spacial score (nSPS) is 27.0. The first-order valence-corrected chi connectivity index (χ1v) is 9.08. The first-order chi connectivity index (χ1) is 10.7. The van der Waals surface area contributed by atoms with Crippen LogP contribution in [0.25, 0.3) is 0 Å². The van der Waals surface area contributed by atoms with Crippen LogP contribution in [0.1, 0.15) is 57.7 Å². The van der Waals surface area contributed by atoms with E-state index in [0.29, 0.717) is 18.5 Å². The summed E-state index contributed by atoms with van der Waals surface area (Å²) in [7, 11) is 3.59. The van der Waals surface area contributed by atoms with Crippen LogP contribution in [0.5, 0.6) is 0 Å². The predicted molar refractivity (Wildman–Crippen MR) is 97.1 cm³/mol. The molecular formula is C17H30N4OS. The second kappa shape index (κ2) is 6.77. The molecule has 1 aromatic heterocycles. The van der Waals surface area contributed by atoms with Crippen LogP contribution in [-0.4, -0.2) is 36.7 Å². The molecule has 1 fully saturated rings. The first-order valence-electron chi connectivity index (χ1n) is 8.20. The molecule has 0 aromatic carbocycles. The molecule has 1 heterocycles. The van der Waals surface area contributed by atoms with Crippen molar-refractivity contribution in [1.29, 1.82) is 0 Å². The van der Waals surface area contributed by atoms with Gasteiger partial charge < -0.3 is 15.4 Å². The van der Waals surface area contributed by atoms with E-state index in [1.54, 1.807) is 25.5 Å². The highest BCUT2D eigenvalue weighted by molar-refractivity contribution is 7.09. The number of aliphatic imine (C=N–C) groups is 1. The number of hydrogen-bond acceptors (Lipinski definition) is 4. The fourth-order valence-corrected chi connectivity index (χ4v) is 3.81. The number of nitrogens with one attached hydrogen (secondary N) is 2. The van der Waals surface area contributed by atoms with E-state index in [1.165, 1.54) is 0 Å². The Morgan fingerprint density at radius 3 is 2.65 bits per heavy atom. The Morgan fingerprint density at radius 1 is 1.48 bits per heavy atom. The van der Waals surface area contributed by atoms with Gasteiger partial charge in [0.25, 0.3) is 0 Å². The summed E-state index contributed by atoms with van der Waals surface area (Å²) < 4.78 is 5.68. The van der Waals surface area contributed by atoms with E-state index in [4.69, 9.17) is 4.74 Å². The van der Waals surface area contributed by atoms with Crippen molar-refractivity contribution < 1.29 is 4.74 Å². The number of aromatic nitrogens is 1. The summed E-state index contributed by atoms with van der Waals surface area (Å²) in [5.41, 5.74) is 1.14. The van der Waals surface area contributed by atoms with E-state index < -0.39 is 0 Å². The molecule has 2 atom stereocenters. The summed E-state index contributed by atoms with van der Waals surface area (Å²) in [6.45, 7) is 11.7. The monoisotopic (exact) mass is 338 g/mol. The summed E-state index contributed by atoms with van der Waals surface area (Å²) in [6.07, 6.45) is 0.978. The minimum atomic E-state index is -0.0784. The van der Waals surface area contributed by atoms with Crippen LogP contribution in [0.4, 0.5) is 0 Å². The van der Waals surface area contributed by atoms with E-state index in [-0.39, 0.29) is 11.0 Å². The van der Waals surface area contributed by atoms with Gasteiger partial charge in [-0.15, -0.1) is 11.3 Å². The van der Waals surface area contributed by atoms with Gasteiger partial charge in [-0.25, -0.2) is 4.98 Å². The van der Waals surface area contributed by atoms with Crippen LogP contribution >= 0.6 is 11.3 Å². The van der Waals surface area contributed by atoms with E-state index in [2.05, 4.69) is 60.6 Å². The third-order valence-corrected chi connectivity index (χ3v) is 6.25. The van der Waals surface area contributed by atoms with Gasteiger partial charge in [-0.1, -0.05) is 27.7 Å². The van der Waals surface area contributed by atoms with E-state index in [0.717, 1.165) is 23.1 Å². The lowest BCUT2D eigenvalue weighted by Crippen LogP contribution is -2.69. The Labute approximate surface area is 144 Å². The Morgan fingerprint density at radius 2 is 2.17 bits per heavy atom. The highest BCUT2D eigenvalue weighted by Crippen LogP contribution is 2.51. The van der Waals surface area contributed by atoms with Gasteiger partial charge >= 0.3 is 0 Å². The molecule has 0 amide bonds. The zero-order chi connectivity index (χ0) is 17.3. The van der Waals surface area contributed by atoms with Crippen molar-refractivity contribution in [2.24, 2.45) is 10.4 Å². The Bertz CT molecular complexity index is 567. The fourth-order valence-electron chi connectivity index (χ4n) is 2.91.